The van der Waals surface area contributed by atoms with E-state index < -0.39 is 10.0 Å². The minimum Gasteiger partial charge on any atom is -0.368 e. The van der Waals surface area contributed by atoms with Gasteiger partial charge in [0.05, 0.1) is 12.8 Å². The Morgan fingerprint density at radius 3 is 2.24 bits per heavy atom. The number of anilines is 1. The molecular weight excluding hydrogens is 290 g/mol. The second-order valence-corrected chi connectivity index (χ2v) is 7.31. The number of rotatable bonds is 4. The van der Waals surface area contributed by atoms with Crippen LogP contribution < -0.4 is 4.90 Å². The van der Waals surface area contributed by atoms with E-state index in [1.54, 1.807) is 4.90 Å². The predicted molar refractivity (Wildman–Crippen MR) is 82.7 cm³/mol. The molecule has 21 heavy (non-hydrogen) atoms. The number of hydrogen-bond acceptors (Lipinski definition) is 4. The molecule has 1 aliphatic rings. The Labute approximate surface area is 126 Å². The SMILES string of the molecule is CN(CC(=O)N1CCN(c2ccccc2)CC1)S(C)(=O)=O. The second-order valence-electron chi connectivity index (χ2n) is 5.22. The van der Waals surface area contributed by atoms with Crippen molar-refractivity contribution in [1.82, 2.24) is 9.21 Å². The summed E-state index contributed by atoms with van der Waals surface area (Å²) >= 11 is 0. The highest BCUT2D eigenvalue weighted by Gasteiger charge is 2.24. The molecule has 7 heteroatoms. The number of amides is 1. The fourth-order valence-electron chi connectivity index (χ4n) is 2.26. The Balaban J connectivity index is 1.88. The third-order valence-electron chi connectivity index (χ3n) is 3.68. The molecule has 0 saturated carbocycles. The quantitative estimate of drug-likeness (QED) is 0.798. The molecule has 0 radical (unpaired) electrons. The molecule has 1 fully saturated rings. The number of sulfonamides is 1. The van der Waals surface area contributed by atoms with Crippen LogP contribution in [0.4, 0.5) is 5.69 Å². The summed E-state index contributed by atoms with van der Waals surface area (Å²) in [4.78, 5) is 16.0. The van der Waals surface area contributed by atoms with Crippen molar-refractivity contribution in [2.24, 2.45) is 0 Å². The first kappa shape index (κ1) is 15.8. The smallest absolute Gasteiger partial charge is 0.238 e. The molecule has 0 aliphatic carbocycles. The molecule has 1 heterocycles. The van der Waals surface area contributed by atoms with Gasteiger partial charge in [0.1, 0.15) is 0 Å². The summed E-state index contributed by atoms with van der Waals surface area (Å²) in [5.41, 5.74) is 1.15. The minimum absolute atomic E-state index is 0.0931. The molecule has 0 atom stereocenters. The molecule has 1 aromatic carbocycles. The number of piperazine rings is 1. The van der Waals surface area contributed by atoms with E-state index in [2.05, 4.69) is 17.0 Å². The van der Waals surface area contributed by atoms with Crippen molar-refractivity contribution in [1.29, 1.82) is 0 Å². The molecule has 0 spiro atoms. The fourth-order valence-corrected chi connectivity index (χ4v) is 2.61. The van der Waals surface area contributed by atoms with E-state index in [1.165, 1.54) is 7.05 Å². The normalized spacial score (nSPS) is 16.3. The summed E-state index contributed by atoms with van der Waals surface area (Å²) in [5, 5.41) is 0. The topological polar surface area (TPSA) is 60.9 Å². The lowest BCUT2D eigenvalue weighted by atomic mass is 10.2. The molecular formula is C14H21N3O3S. The lowest BCUT2D eigenvalue weighted by molar-refractivity contribution is -0.131. The molecule has 0 unspecified atom stereocenters. The number of nitrogens with zero attached hydrogens (tertiary/aromatic N) is 3. The monoisotopic (exact) mass is 311 g/mol. The summed E-state index contributed by atoms with van der Waals surface area (Å²) < 4.78 is 23.7. The molecule has 1 aromatic rings. The van der Waals surface area contributed by atoms with Crippen molar-refractivity contribution in [3.05, 3.63) is 30.3 Å². The predicted octanol–water partition coefficient (Wildman–Crippen LogP) is 0.227. The Bertz CT molecular complexity index is 581. The summed E-state index contributed by atoms with van der Waals surface area (Å²) in [6.45, 7) is 2.66. The zero-order valence-electron chi connectivity index (χ0n) is 12.4. The number of likely N-dealkylation sites (N-methyl/N-ethyl adjacent to an activating group) is 1. The first-order valence-electron chi connectivity index (χ1n) is 6.87. The molecule has 0 bridgehead atoms. The molecule has 116 valence electrons. The summed E-state index contributed by atoms with van der Waals surface area (Å²) in [6.07, 6.45) is 1.10. The maximum absolute atomic E-state index is 12.1. The fraction of sp³-hybridized carbons (Fsp3) is 0.500. The van der Waals surface area contributed by atoms with Gasteiger partial charge in [-0.25, -0.2) is 8.42 Å². The van der Waals surface area contributed by atoms with Gasteiger partial charge in [-0.2, -0.15) is 4.31 Å². The van der Waals surface area contributed by atoms with Gasteiger partial charge in [0, 0.05) is 38.9 Å². The zero-order chi connectivity index (χ0) is 15.5. The van der Waals surface area contributed by atoms with Crippen molar-refractivity contribution >= 4 is 21.6 Å². The highest BCUT2D eigenvalue weighted by Crippen LogP contribution is 2.15. The average Bonchev–Trinajstić information content (AvgIpc) is 2.47. The summed E-state index contributed by atoms with van der Waals surface area (Å²) in [7, 11) is -1.89. The van der Waals surface area contributed by atoms with Crippen LogP contribution in [0.2, 0.25) is 0 Å². The van der Waals surface area contributed by atoms with Crippen molar-refractivity contribution in [3.63, 3.8) is 0 Å². The Morgan fingerprint density at radius 1 is 1.14 bits per heavy atom. The van der Waals surface area contributed by atoms with E-state index in [-0.39, 0.29) is 12.5 Å². The van der Waals surface area contributed by atoms with Crippen LogP contribution in [0.25, 0.3) is 0 Å². The molecule has 6 nitrogen and oxygen atoms in total. The van der Waals surface area contributed by atoms with E-state index in [9.17, 15) is 13.2 Å². The van der Waals surface area contributed by atoms with Gasteiger partial charge < -0.3 is 9.80 Å². The van der Waals surface area contributed by atoms with E-state index in [4.69, 9.17) is 0 Å². The van der Waals surface area contributed by atoms with Crippen LogP contribution in [-0.2, 0) is 14.8 Å². The number of para-hydroxylation sites is 1. The van der Waals surface area contributed by atoms with Gasteiger partial charge in [-0.3, -0.25) is 4.79 Å². The van der Waals surface area contributed by atoms with Crippen molar-refractivity contribution < 1.29 is 13.2 Å². The number of carbonyl (C=O) groups is 1. The largest absolute Gasteiger partial charge is 0.368 e. The van der Waals surface area contributed by atoms with Gasteiger partial charge in [0.25, 0.3) is 0 Å². The van der Waals surface area contributed by atoms with Crippen LogP contribution in [-0.4, -0.2) is 69.6 Å². The first-order chi connectivity index (χ1) is 9.88. The Morgan fingerprint density at radius 2 is 1.71 bits per heavy atom. The van der Waals surface area contributed by atoms with Crippen LogP contribution in [0.1, 0.15) is 0 Å². The Hall–Kier alpha value is -1.60. The standard InChI is InChI=1S/C14H21N3O3S/c1-15(21(2,19)20)12-14(18)17-10-8-16(9-11-17)13-6-4-3-5-7-13/h3-7H,8-12H2,1-2H3. The molecule has 2 rings (SSSR count). The zero-order valence-corrected chi connectivity index (χ0v) is 13.2. The van der Waals surface area contributed by atoms with E-state index in [1.807, 2.05) is 18.2 Å². The van der Waals surface area contributed by atoms with Crippen molar-refractivity contribution in [2.75, 3.05) is 50.9 Å². The van der Waals surface area contributed by atoms with Gasteiger partial charge >= 0.3 is 0 Å². The molecule has 0 aromatic heterocycles. The molecule has 0 N–H and O–H groups in total. The van der Waals surface area contributed by atoms with Crippen LogP contribution >= 0.6 is 0 Å². The maximum atomic E-state index is 12.1. The van der Waals surface area contributed by atoms with Gasteiger partial charge in [-0.15, -0.1) is 0 Å². The van der Waals surface area contributed by atoms with Crippen LogP contribution in [0.3, 0.4) is 0 Å². The highest BCUT2D eigenvalue weighted by atomic mass is 32.2. The number of hydrogen-bond donors (Lipinski definition) is 0. The lowest BCUT2D eigenvalue weighted by Crippen LogP contribution is -2.51. The van der Waals surface area contributed by atoms with Crippen LogP contribution in [0.5, 0.6) is 0 Å². The lowest BCUT2D eigenvalue weighted by Gasteiger charge is -2.36. The van der Waals surface area contributed by atoms with Gasteiger partial charge in [0.15, 0.2) is 0 Å². The molecule has 1 amide bonds. The van der Waals surface area contributed by atoms with Crippen molar-refractivity contribution in [3.8, 4) is 0 Å². The highest BCUT2D eigenvalue weighted by molar-refractivity contribution is 7.88. The van der Waals surface area contributed by atoms with E-state index in [0.717, 1.165) is 29.3 Å². The van der Waals surface area contributed by atoms with Gasteiger partial charge in [-0.05, 0) is 12.1 Å². The summed E-state index contributed by atoms with van der Waals surface area (Å²) in [6, 6.07) is 10.1. The van der Waals surface area contributed by atoms with Gasteiger partial charge in [-0.1, -0.05) is 18.2 Å². The minimum atomic E-state index is -3.31. The first-order valence-corrected chi connectivity index (χ1v) is 8.72. The molecule has 1 aliphatic heterocycles. The maximum Gasteiger partial charge on any atom is 0.238 e. The van der Waals surface area contributed by atoms with E-state index >= 15 is 0 Å². The second kappa shape index (κ2) is 6.44. The summed E-state index contributed by atoms with van der Waals surface area (Å²) in [5.74, 6) is -0.143. The van der Waals surface area contributed by atoms with Crippen LogP contribution in [0, 0.1) is 0 Å². The third kappa shape index (κ3) is 4.18. The van der Waals surface area contributed by atoms with Crippen molar-refractivity contribution in [2.45, 2.75) is 0 Å². The van der Waals surface area contributed by atoms with E-state index in [0.29, 0.717) is 13.1 Å². The number of carbonyl (C=O) groups excluding carboxylic acids is 1. The average molecular weight is 311 g/mol. The third-order valence-corrected chi connectivity index (χ3v) is 4.94. The number of benzene rings is 1. The molecule has 1 saturated heterocycles. The van der Waals surface area contributed by atoms with Crippen LogP contribution in [0.15, 0.2) is 30.3 Å². The Kier molecular flexibility index (Phi) is 4.84. The van der Waals surface area contributed by atoms with Gasteiger partial charge in [0.2, 0.25) is 15.9 Å².